The number of benzene rings is 1. The molecule has 20 heavy (non-hydrogen) atoms. The van der Waals surface area contributed by atoms with E-state index in [1.807, 2.05) is 6.07 Å². The van der Waals surface area contributed by atoms with Crippen LogP contribution in [0.15, 0.2) is 30.5 Å². The number of carbonyl (C=O) groups is 1. The van der Waals surface area contributed by atoms with Crippen LogP contribution in [0.4, 0.5) is 17.2 Å². The van der Waals surface area contributed by atoms with Crippen molar-refractivity contribution in [2.45, 2.75) is 0 Å². The summed E-state index contributed by atoms with van der Waals surface area (Å²) >= 11 is 6.01. The lowest BCUT2D eigenvalue weighted by Crippen LogP contribution is -2.07. The third-order valence-corrected chi connectivity index (χ3v) is 2.88. The Hall–Kier alpha value is -2.78. The zero-order chi connectivity index (χ0) is 14.7. The molecular weight excluding hydrogens is 280 g/mol. The van der Waals surface area contributed by atoms with Crippen LogP contribution < -0.4 is 11.1 Å². The number of nitrogens with one attached hydrogen (secondary N) is 1. The van der Waals surface area contributed by atoms with E-state index in [1.54, 1.807) is 12.1 Å². The number of hydrogen-bond donors (Lipinski definition) is 3. The van der Waals surface area contributed by atoms with Crippen LogP contribution >= 0.6 is 11.6 Å². The topological polar surface area (TPSA) is 112 Å². The zero-order valence-electron chi connectivity index (χ0n) is 10.1. The Balaban J connectivity index is 2.38. The first kappa shape index (κ1) is 13.6. The summed E-state index contributed by atoms with van der Waals surface area (Å²) in [6.07, 6.45) is 1.33. The molecule has 0 saturated heterocycles. The summed E-state index contributed by atoms with van der Waals surface area (Å²) in [6.45, 7) is 0. The Bertz CT molecular complexity index is 725. The van der Waals surface area contributed by atoms with Gasteiger partial charge >= 0.3 is 5.97 Å². The summed E-state index contributed by atoms with van der Waals surface area (Å²) in [5.74, 6) is -0.949. The van der Waals surface area contributed by atoms with Crippen molar-refractivity contribution < 1.29 is 9.90 Å². The van der Waals surface area contributed by atoms with Gasteiger partial charge in [-0.25, -0.2) is 9.78 Å². The molecule has 0 bridgehead atoms. The van der Waals surface area contributed by atoms with Crippen molar-refractivity contribution in [1.82, 2.24) is 4.98 Å². The van der Waals surface area contributed by atoms with Crippen molar-refractivity contribution in [1.29, 1.82) is 5.26 Å². The molecule has 1 heterocycles. The highest BCUT2D eigenvalue weighted by atomic mass is 35.5. The molecule has 0 saturated carbocycles. The molecule has 4 N–H and O–H groups in total. The lowest BCUT2D eigenvalue weighted by Gasteiger charge is -2.11. The monoisotopic (exact) mass is 288 g/mol. The van der Waals surface area contributed by atoms with Crippen molar-refractivity contribution in [3.63, 3.8) is 0 Å². The molecule has 0 aliphatic heterocycles. The third-order valence-electron chi connectivity index (χ3n) is 2.57. The lowest BCUT2D eigenvalue weighted by atomic mass is 10.2. The fraction of sp³-hybridized carbons (Fsp3) is 0. The molecule has 0 fully saturated rings. The van der Waals surface area contributed by atoms with Crippen LogP contribution in [0.25, 0.3) is 0 Å². The second kappa shape index (κ2) is 5.47. The van der Waals surface area contributed by atoms with Gasteiger partial charge in [-0.1, -0.05) is 11.6 Å². The highest BCUT2D eigenvalue weighted by Gasteiger charge is 2.13. The normalized spacial score (nSPS) is 9.80. The molecule has 1 aromatic carbocycles. The van der Waals surface area contributed by atoms with Gasteiger partial charge in [0.05, 0.1) is 33.6 Å². The number of nitrogens with zero attached hydrogens (tertiary/aromatic N) is 2. The van der Waals surface area contributed by atoms with E-state index >= 15 is 0 Å². The van der Waals surface area contributed by atoms with Crippen molar-refractivity contribution in [2.75, 3.05) is 11.1 Å². The summed E-state index contributed by atoms with van der Waals surface area (Å²) in [6, 6.07) is 7.93. The largest absolute Gasteiger partial charge is 0.478 e. The lowest BCUT2D eigenvalue weighted by molar-refractivity contribution is 0.0698. The van der Waals surface area contributed by atoms with Gasteiger partial charge in [-0.3, -0.25) is 0 Å². The van der Waals surface area contributed by atoms with Gasteiger partial charge in [-0.15, -0.1) is 0 Å². The van der Waals surface area contributed by atoms with E-state index in [4.69, 9.17) is 27.7 Å². The standard InChI is InChI=1S/C13H9ClN4O2/c14-9-5-7(6-15)1-2-10(9)18-12-11(16)8(13(19)20)3-4-17-12/h1-5H,16H2,(H,17,18)(H,19,20). The van der Waals surface area contributed by atoms with Crippen LogP contribution in [-0.4, -0.2) is 16.1 Å². The first-order chi connectivity index (χ1) is 9.52. The number of aromatic carboxylic acids is 1. The van der Waals surface area contributed by atoms with Crippen LogP contribution in [0.3, 0.4) is 0 Å². The minimum absolute atomic E-state index is 0.0143. The number of carboxylic acid groups (broad SMARTS) is 1. The molecule has 0 atom stereocenters. The van der Waals surface area contributed by atoms with Gasteiger partial charge < -0.3 is 16.2 Å². The number of nitriles is 1. The molecule has 1 aromatic heterocycles. The Morgan fingerprint density at radius 2 is 2.20 bits per heavy atom. The first-order valence-electron chi connectivity index (χ1n) is 5.47. The maximum absolute atomic E-state index is 11.0. The number of nitrogens with two attached hydrogens (primary N) is 1. The van der Waals surface area contributed by atoms with Crippen molar-refractivity contribution >= 4 is 34.8 Å². The second-order valence-corrected chi connectivity index (χ2v) is 4.26. The molecule has 100 valence electrons. The van der Waals surface area contributed by atoms with Gasteiger partial charge in [0.1, 0.15) is 0 Å². The molecule has 0 unspecified atom stereocenters. The summed E-state index contributed by atoms with van der Waals surface area (Å²) in [4.78, 5) is 15.0. The van der Waals surface area contributed by atoms with Gasteiger partial charge in [0.15, 0.2) is 5.82 Å². The number of hydrogen-bond acceptors (Lipinski definition) is 5. The minimum Gasteiger partial charge on any atom is -0.478 e. The predicted octanol–water partition coefficient (Wildman–Crippen LogP) is 2.63. The Morgan fingerprint density at radius 3 is 2.80 bits per heavy atom. The summed E-state index contributed by atoms with van der Waals surface area (Å²) in [5, 5.41) is 20.9. The smallest absolute Gasteiger partial charge is 0.337 e. The number of anilines is 3. The summed E-state index contributed by atoms with van der Waals surface area (Å²) in [7, 11) is 0. The molecule has 0 aliphatic carbocycles. The van der Waals surface area contributed by atoms with Crippen molar-refractivity contribution in [3.8, 4) is 6.07 Å². The van der Waals surface area contributed by atoms with E-state index in [0.29, 0.717) is 16.3 Å². The molecule has 2 rings (SSSR count). The molecule has 0 amide bonds. The third kappa shape index (κ3) is 2.63. The van der Waals surface area contributed by atoms with E-state index < -0.39 is 5.97 Å². The van der Waals surface area contributed by atoms with Crippen LogP contribution in [0.2, 0.25) is 5.02 Å². The Morgan fingerprint density at radius 1 is 1.45 bits per heavy atom. The quantitative estimate of drug-likeness (QED) is 0.800. The highest BCUT2D eigenvalue weighted by Crippen LogP contribution is 2.29. The first-order valence-corrected chi connectivity index (χ1v) is 5.85. The van der Waals surface area contributed by atoms with Crippen LogP contribution in [0.1, 0.15) is 15.9 Å². The van der Waals surface area contributed by atoms with Gasteiger partial charge in [-0.05, 0) is 24.3 Å². The van der Waals surface area contributed by atoms with Crippen LogP contribution in [-0.2, 0) is 0 Å². The van der Waals surface area contributed by atoms with Gasteiger partial charge in [-0.2, -0.15) is 5.26 Å². The molecule has 0 aliphatic rings. The van der Waals surface area contributed by atoms with E-state index in [1.165, 1.54) is 18.3 Å². The number of pyridine rings is 1. The van der Waals surface area contributed by atoms with E-state index in [9.17, 15) is 4.79 Å². The summed E-state index contributed by atoms with van der Waals surface area (Å²) in [5.41, 5.74) is 6.60. The number of carboxylic acids is 1. The Kier molecular flexibility index (Phi) is 3.73. The molecule has 2 aromatic rings. The predicted molar refractivity (Wildman–Crippen MR) is 75.1 cm³/mol. The van der Waals surface area contributed by atoms with Crippen LogP contribution in [0.5, 0.6) is 0 Å². The van der Waals surface area contributed by atoms with Crippen LogP contribution in [0, 0.1) is 11.3 Å². The number of aromatic nitrogens is 1. The van der Waals surface area contributed by atoms with E-state index in [2.05, 4.69) is 10.3 Å². The van der Waals surface area contributed by atoms with E-state index in [0.717, 1.165) is 0 Å². The van der Waals surface area contributed by atoms with E-state index in [-0.39, 0.29) is 17.1 Å². The summed E-state index contributed by atoms with van der Waals surface area (Å²) < 4.78 is 0. The fourth-order valence-corrected chi connectivity index (χ4v) is 1.80. The minimum atomic E-state index is -1.14. The average molecular weight is 289 g/mol. The van der Waals surface area contributed by atoms with Crippen molar-refractivity contribution in [2.24, 2.45) is 0 Å². The Labute approximate surface area is 119 Å². The molecule has 0 spiro atoms. The maximum Gasteiger partial charge on any atom is 0.337 e. The highest BCUT2D eigenvalue weighted by molar-refractivity contribution is 6.33. The molecule has 7 heteroatoms. The van der Waals surface area contributed by atoms with Crippen molar-refractivity contribution in [3.05, 3.63) is 46.6 Å². The average Bonchev–Trinajstić information content (AvgIpc) is 2.42. The van der Waals surface area contributed by atoms with Gasteiger partial charge in [0.2, 0.25) is 0 Å². The van der Waals surface area contributed by atoms with Gasteiger partial charge in [0.25, 0.3) is 0 Å². The maximum atomic E-state index is 11.0. The SMILES string of the molecule is N#Cc1ccc(Nc2nccc(C(=O)O)c2N)c(Cl)c1. The number of nitrogen functional groups attached to an aromatic ring is 1. The second-order valence-electron chi connectivity index (χ2n) is 3.86. The molecular formula is C13H9ClN4O2. The number of halogens is 1. The number of rotatable bonds is 3. The molecule has 6 nitrogen and oxygen atoms in total. The molecule has 0 radical (unpaired) electrons. The zero-order valence-corrected chi connectivity index (χ0v) is 10.8. The van der Waals surface area contributed by atoms with Gasteiger partial charge in [0, 0.05) is 6.20 Å². The fourth-order valence-electron chi connectivity index (χ4n) is 1.57.